The Balaban J connectivity index is 2.86. The lowest BCUT2D eigenvalue weighted by Gasteiger charge is -2.14. The molecule has 0 spiro atoms. The Morgan fingerprint density at radius 1 is 1.50 bits per heavy atom. The van der Waals surface area contributed by atoms with E-state index in [0.29, 0.717) is 11.3 Å². The Labute approximate surface area is 94.2 Å². The van der Waals surface area contributed by atoms with Gasteiger partial charge in [0.2, 0.25) is 5.28 Å². The zero-order chi connectivity index (χ0) is 10.6. The Morgan fingerprint density at radius 3 is 2.79 bits per heavy atom. The molecule has 0 aliphatic heterocycles. The van der Waals surface area contributed by atoms with E-state index in [1.54, 1.807) is 0 Å². The van der Waals surface area contributed by atoms with Crippen LogP contribution in [0.15, 0.2) is 0 Å². The predicted octanol–water partition coefficient (Wildman–Crippen LogP) is 2.81. The molecule has 0 aliphatic rings. The summed E-state index contributed by atoms with van der Waals surface area (Å²) in [4.78, 5) is 0. The maximum Gasteiger partial charge on any atom is 0.225 e. The molecule has 5 heteroatoms. The monoisotopic (exact) mass is 233 g/mol. The second kappa shape index (κ2) is 5.61. The molecule has 1 heterocycles. The smallest absolute Gasteiger partial charge is 0.225 e. The normalized spacial score (nSPS) is 13.1. The molecule has 0 amide bonds. The molecule has 1 rings (SSSR count). The van der Waals surface area contributed by atoms with Crippen LogP contribution in [0.5, 0.6) is 0 Å². The maximum absolute atomic E-state index is 5.99. The molecule has 0 aliphatic carbocycles. The Kier molecular flexibility index (Phi) is 4.75. The van der Waals surface area contributed by atoms with Gasteiger partial charge in [-0.25, -0.2) is 0 Å². The minimum atomic E-state index is 0.369. The molecule has 0 radical (unpaired) electrons. The van der Waals surface area contributed by atoms with Crippen LogP contribution < -0.4 is 0 Å². The molecule has 0 aromatic carbocycles. The van der Waals surface area contributed by atoms with Crippen LogP contribution in [0, 0.1) is 0 Å². The van der Waals surface area contributed by atoms with Crippen molar-refractivity contribution >= 4 is 23.4 Å². The third-order valence-corrected chi connectivity index (χ3v) is 3.12. The lowest BCUT2D eigenvalue weighted by molar-refractivity contribution is 0.572. The molecule has 0 fully saturated rings. The highest BCUT2D eigenvalue weighted by Crippen LogP contribution is 2.19. The van der Waals surface area contributed by atoms with E-state index in [2.05, 4.69) is 30.3 Å². The molecular weight excluding hydrogens is 218 g/mol. The number of rotatable bonds is 5. The summed E-state index contributed by atoms with van der Waals surface area (Å²) in [6.45, 7) is 4.27. The van der Waals surface area contributed by atoms with Gasteiger partial charge in [-0.3, -0.25) is 4.57 Å². The molecule has 80 valence electrons. The fraction of sp³-hybridized carbons (Fsp3) is 0.778. The molecule has 1 atom stereocenters. The van der Waals surface area contributed by atoms with Crippen LogP contribution in [0.3, 0.4) is 0 Å². The van der Waals surface area contributed by atoms with Gasteiger partial charge in [0, 0.05) is 18.2 Å². The van der Waals surface area contributed by atoms with E-state index >= 15 is 0 Å². The van der Waals surface area contributed by atoms with Crippen LogP contribution >= 0.6 is 23.4 Å². The minimum Gasteiger partial charge on any atom is -0.298 e. The van der Waals surface area contributed by atoms with Gasteiger partial charge in [-0.2, -0.15) is 11.8 Å². The molecule has 0 saturated heterocycles. The number of hydrogen-bond acceptors (Lipinski definition) is 3. The van der Waals surface area contributed by atoms with Gasteiger partial charge in [0.1, 0.15) is 5.82 Å². The van der Waals surface area contributed by atoms with E-state index in [0.717, 1.165) is 24.4 Å². The molecule has 1 aromatic heterocycles. The third-order valence-electron chi connectivity index (χ3n) is 2.05. The van der Waals surface area contributed by atoms with Gasteiger partial charge < -0.3 is 0 Å². The SMILES string of the molecule is CCCc1nnc(Cl)n1C(C)CSC. The highest BCUT2D eigenvalue weighted by molar-refractivity contribution is 7.98. The predicted molar refractivity (Wildman–Crippen MR) is 62.1 cm³/mol. The summed E-state index contributed by atoms with van der Waals surface area (Å²) in [5, 5.41) is 8.50. The van der Waals surface area contributed by atoms with Crippen molar-refractivity contribution < 1.29 is 0 Å². The van der Waals surface area contributed by atoms with E-state index in [-0.39, 0.29) is 0 Å². The number of hydrogen-bond donors (Lipinski definition) is 0. The first-order chi connectivity index (χ1) is 6.70. The van der Waals surface area contributed by atoms with Crippen LogP contribution in [0.4, 0.5) is 0 Å². The van der Waals surface area contributed by atoms with Crippen LogP contribution in [-0.4, -0.2) is 26.8 Å². The highest BCUT2D eigenvalue weighted by atomic mass is 35.5. The average Bonchev–Trinajstić information content (AvgIpc) is 2.48. The summed E-state index contributed by atoms with van der Waals surface area (Å²) < 4.78 is 2.03. The summed E-state index contributed by atoms with van der Waals surface area (Å²) >= 11 is 7.80. The molecular formula is C9H16ClN3S. The van der Waals surface area contributed by atoms with E-state index < -0.39 is 0 Å². The Hall–Kier alpha value is -0.220. The van der Waals surface area contributed by atoms with Gasteiger partial charge in [-0.05, 0) is 31.2 Å². The minimum absolute atomic E-state index is 0.369. The van der Waals surface area contributed by atoms with Crippen LogP contribution in [0.2, 0.25) is 5.28 Å². The van der Waals surface area contributed by atoms with Gasteiger partial charge in [0.05, 0.1) is 0 Å². The fourth-order valence-electron chi connectivity index (χ4n) is 1.45. The zero-order valence-corrected chi connectivity index (χ0v) is 10.4. The molecule has 0 saturated carbocycles. The molecule has 0 bridgehead atoms. The number of thioether (sulfide) groups is 1. The van der Waals surface area contributed by atoms with Gasteiger partial charge in [0.15, 0.2) is 0 Å². The lowest BCUT2D eigenvalue weighted by atomic mass is 10.3. The van der Waals surface area contributed by atoms with Crippen molar-refractivity contribution in [3.63, 3.8) is 0 Å². The largest absolute Gasteiger partial charge is 0.298 e. The molecule has 0 N–H and O–H groups in total. The van der Waals surface area contributed by atoms with Crippen molar-refractivity contribution in [1.82, 2.24) is 14.8 Å². The number of nitrogens with zero attached hydrogens (tertiary/aromatic N) is 3. The van der Waals surface area contributed by atoms with Crippen molar-refractivity contribution in [3.05, 3.63) is 11.1 Å². The zero-order valence-electron chi connectivity index (χ0n) is 8.83. The number of aryl methyl sites for hydroxylation is 1. The Bertz CT molecular complexity index is 288. The van der Waals surface area contributed by atoms with Crippen molar-refractivity contribution in [3.8, 4) is 0 Å². The second-order valence-electron chi connectivity index (χ2n) is 3.31. The first kappa shape index (κ1) is 11.9. The highest BCUT2D eigenvalue weighted by Gasteiger charge is 2.14. The van der Waals surface area contributed by atoms with E-state index in [9.17, 15) is 0 Å². The maximum atomic E-state index is 5.99. The van der Waals surface area contributed by atoms with Gasteiger partial charge in [-0.1, -0.05) is 6.92 Å². The van der Waals surface area contributed by atoms with Crippen molar-refractivity contribution in [1.29, 1.82) is 0 Å². The van der Waals surface area contributed by atoms with Crippen molar-refractivity contribution in [2.75, 3.05) is 12.0 Å². The number of halogens is 1. The first-order valence-corrected chi connectivity index (χ1v) is 6.56. The molecule has 1 unspecified atom stereocenters. The van der Waals surface area contributed by atoms with Gasteiger partial charge >= 0.3 is 0 Å². The fourth-order valence-corrected chi connectivity index (χ4v) is 2.38. The summed E-state index contributed by atoms with van der Waals surface area (Å²) in [6, 6.07) is 0.369. The quantitative estimate of drug-likeness (QED) is 0.784. The van der Waals surface area contributed by atoms with E-state index in [4.69, 9.17) is 11.6 Å². The van der Waals surface area contributed by atoms with E-state index in [1.165, 1.54) is 0 Å². The standard InChI is InChI=1S/C9H16ClN3S/c1-4-5-8-11-12-9(10)13(8)7(2)6-14-3/h7H,4-6H2,1-3H3. The molecule has 3 nitrogen and oxygen atoms in total. The van der Waals surface area contributed by atoms with Crippen LogP contribution in [-0.2, 0) is 6.42 Å². The first-order valence-electron chi connectivity index (χ1n) is 4.78. The summed E-state index contributed by atoms with van der Waals surface area (Å²) in [6.07, 6.45) is 4.10. The summed E-state index contributed by atoms with van der Waals surface area (Å²) in [7, 11) is 0. The van der Waals surface area contributed by atoms with E-state index in [1.807, 2.05) is 16.3 Å². The average molecular weight is 234 g/mol. The molecule has 14 heavy (non-hydrogen) atoms. The summed E-state index contributed by atoms with van der Waals surface area (Å²) in [5.41, 5.74) is 0. The summed E-state index contributed by atoms with van der Waals surface area (Å²) in [5.74, 6) is 2.04. The molecule has 1 aromatic rings. The second-order valence-corrected chi connectivity index (χ2v) is 4.56. The topological polar surface area (TPSA) is 30.7 Å². The lowest BCUT2D eigenvalue weighted by Crippen LogP contribution is -2.11. The van der Waals surface area contributed by atoms with Gasteiger partial charge in [-0.15, -0.1) is 10.2 Å². The number of aromatic nitrogens is 3. The van der Waals surface area contributed by atoms with Crippen LogP contribution in [0.1, 0.15) is 32.1 Å². The van der Waals surface area contributed by atoms with Crippen molar-refractivity contribution in [2.24, 2.45) is 0 Å². The van der Waals surface area contributed by atoms with Gasteiger partial charge in [0.25, 0.3) is 0 Å². The third kappa shape index (κ3) is 2.64. The van der Waals surface area contributed by atoms with Crippen LogP contribution in [0.25, 0.3) is 0 Å². The van der Waals surface area contributed by atoms with Crippen molar-refractivity contribution in [2.45, 2.75) is 32.7 Å². The Morgan fingerprint density at radius 2 is 2.21 bits per heavy atom.